The van der Waals surface area contributed by atoms with E-state index in [1.54, 1.807) is 26.0 Å². The van der Waals surface area contributed by atoms with E-state index in [4.69, 9.17) is 0 Å². The second kappa shape index (κ2) is 8.04. The Morgan fingerprint density at radius 3 is 1.40 bits per heavy atom. The molecule has 0 saturated carbocycles. The highest BCUT2D eigenvalue weighted by molar-refractivity contribution is 7.90. The molecule has 0 aliphatic rings. The van der Waals surface area contributed by atoms with Crippen LogP contribution in [0, 0.1) is 24.3 Å². The molecule has 0 fully saturated rings. The van der Waals surface area contributed by atoms with E-state index < -0.39 is 31.2 Å². The predicted molar refractivity (Wildman–Crippen MR) is 108 cm³/mol. The molecule has 0 radical (unpaired) electrons. The van der Waals surface area contributed by atoms with E-state index in [-0.39, 0.29) is 10.1 Å². The van der Waals surface area contributed by atoms with Crippen LogP contribution in [0.15, 0.2) is 71.0 Å². The first kappa shape index (κ1) is 21.7. The number of aryl methyl sites for hydroxylation is 2. The lowest BCUT2D eigenvalue weighted by atomic mass is 10.0. The Kier molecular flexibility index (Phi) is 5.82. The van der Waals surface area contributed by atoms with Gasteiger partial charge in [0, 0.05) is 24.3 Å². The molecule has 0 spiro atoms. The van der Waals surface area contributed by atoms with Crippen molar-refractivity contribution in [1.82, 2.24) is 0 Å². The van der Waals surface area contributed by atoms with Crippen LogP contribution in [-0.2, 0) is 31.2 Å². The fraction of sp³-hybridized carbons (Fsp3) is 0.200. The summed E-state index contributed by atoms with van der Waals surface area (Å²) in [5, 5.41) is 22.9. The average molecular weight is 449 g/mol. The van der Waals surface area contributed by atoms with Gasteiger partial charge in [-0.25, -0.2) is 16.8 Å². The van der Waals surface area contributed by atoms with E-state index in [1.165, 1.54) is 36.4 Å². The molecule has 3 rings (SSSR count). The third kappa shape index (κ3) is 4.44. The average Bonchev–Trinajstić information content (AvgIpc) is 2.66. The second-order valence-corrected chi connectivity index (χ2v) is 10.8. The summed E-state index contributed by atoms with van der Waals surface area (Å²) >= 11 is 0. The fourth-order valence-electron chi connectivity index (χ4n) is 3.11. The molecule has 30 heavy (non-hydrogen) atoms. The predicted octanol–water partition coefficient (Wildman–Crippen LogP) is 1.52. The van der Waals surface area contributed by atoms with Crippen molar-refractivity contribution in [2.75, 3.05) is 0 Å². The van der Waals surface area contributed by atoms with Gasteiger partial charge in [-0.15, -0.1) is 0 Å². The van der Waals surface area contributed by atoms with Crippen molar-refractivity contribution < 1.29 is 26.3 Å². The molecule has 0 N–H and O–H groups in total. The number of benzene rings is 1. The summed E-state index contributed by atoms with van der Waals surface area (Å²) in [5.74, 6) is -0.781. The van der Waals surface area contributed by atoms with Crippen molar-refractivity contribution >= 4 is 19.7 Å². The van der Waals surface area contributed by atoms with Crippen LogP contribution in [0.4, 0.5) is 0 Å². The number of aromatic nitrogens is 2. The number of pyridine rings is 2. The largest absolute Gasteiger partial charge is 0.618 e. The topological polar surface area (TPSA) is 122 Å². The zero-order valence-electron chi connectivity index (χ0n) is 16.3. The van der Waals surface area contributed by atoms with Gasteiger partial charge >= 0.3 is 10.1 Å². The fourth-order valence-corrected chi connectivity index (χ4v) is 6.09. The van der Waals surface area contributed by atoms with E-state index >= 15 is 0 Å². The molecule has 158 valence electrons. The molecule has 0 unspecified atom stereocenters. The zero-order valence-corrected chi connectivity index (χ0v) is 18.0. The minimum absolute atomic E-state index is 0.302. The smallest absolute Gasteiger partial charge is 0.308 e. The Balaban J connectivity index is 1.93. The van der Waals surface area contributed by atoms with Crippen LogP contribution >= 0.6 is 0 Å². The van der Waals surface area contributed by atoms with E-state index in [0.717, 1.165) is 12.4 Å². The van der Waals surface area contributed by atoms with Gasteiger partial charge in [0.2, 0.25) is 19.7 Å². The van der Waals surface area contributed by atoms with Crippen LogP contribution in [0.3, 0.4) is 0 Å². The number of nitrogens with zero attached hydrogens (tertiary/aromatic N) is 2. The standard InChI is InChI=1S/C20H20N2O6S2/c1-15-11-18(14-30(27,28)20-8-4-6-10-22(20)24)16(2)12-17(15)13-29(25,26)19-7-3-5-9-21(19)23/h3-12H,13-14H2,1-2H3. The van der Waals surface area contributed by atoms with Crippen molar-refractivity contribution in [1.29, 1.82) is 0 Å². The molecule has 1 aromatic carbocycles. The molecule has 0 bridgehead atoms. The first-order valence-electron chi connectivity index (χ1n) is 8.92. The summed E-state index contributed by atoms with van der Waals surface area (Å²) < 4.78 is 51.3. The molecule has 0 atom stereocenters. The van der Waals surface area contributed by atoms with Gasteiger partial charge in [0.05, 0.1) is 11.5 Å². The van der Waals surface area contributed by atoms with Crippen LogP contribution in [0.1, 0.15) is 22.3 Å². The summed E-state index contributed by atoms with van der Waals surface area (Å²) in [7, 11) is -7.78. The quantitative estimate of drug-likeness (QED) is 0.416. The highest BCUT2D eigenvalue weighted by Gasteiger charge is 2.27. The van der Waals surface area contributed by atoms with Crippen LogP contribution < -0.4 is 9.46 Å². The van der Waals surface area contributed by atoms with Gasteiger partial charge in [-0.3, -0.25) is 0 Å². The van der Waals surface area contributed by atoms with Gasteiger partial charge in [0.1, 0.15) is 0 Å². The minimum atomic E-state index is -3.89. The van der Waals surface area contributed by atoms with Crippen LogP contribution in [-0.4, -0.2) is 16.8 Å². The summed E-state index contributed by atoms with van der Waals surface area (Å²) in [6.07, 6.45) is 2.23. The molecule has 0 aliphatic carbocycles. The molecule has 0 saturated heterocycles. The molecule has 2 aromatic heterocycles. The van der Waals surface area contributed by atoms with Crippen LogP contribution in [0.25, 0.3) is 0 Å². The summed E-state index contributed by atoms with van der Waals surface area (Å²) in [5.41, 5.74) is 2.09. The highest BCUT2D eigenvalue weighted by atomic mass is 32.2. The number of rotatable bonds is 6. The highest BCUT2D eigenvalue weighted by Crippen LogP contribution is 2.23. The van der Waals surface area contributed by atoms with Gasteiger partial charge < -0.3 is 10.4 Å². The van der Waals surface area contributed by atoms with Crippen LogP contribution in [0.5, 0.6) is 0 Å². The van der Waals surface area contributed by atoms with Crippen LogP contribution in [0.2, 0.25) is 0 Å². The minimum Gasteiger partial charge on any atom is -0.618 e. The lowest BCUT2D eigenvalue weighted by Crippen LogP contribution is -2.33. The SMILES string of the molecule is Cc1cc(CS(=O)(=O)c2cccc[n+]2[O-])c(C)cc1CS(=O)(=O)c1cccc[n+]1[O-]. The van der Waals surface area contributed by atoms with E-state index in [0.29, 0.717) is 31.7 Å². The third-order valence-corrected chi connectivity index (χ3v) is 7.99. The maximum absolute atomic E-state index is 12.7. The summed E-state index contributed by atoms with van der Waals surface area (Å²) in [4.78, 5) is 0. The molecular weight excluding hydrogens is 428 g/mol. The molecule has 0 amide bonds. The van der Waals surface area contributed by atoms with Gasteiger partial charge in [-0.2, -0.15) is 9.46 Å². The summed E-state index contributed by atoms with van der Waals surface area (Å²) in [6, 6.07) is 11.5. The number of hydrogen-bond donors (Lipinski definition) is 0. The van der Waals surface area contributed by atoms with E-state index in [9.17, 15) is 27.3 Å². The van der Waals surface area contributed by atoms with Crippen molar-refractivity contribution in [3.63, 3.8) is 0 Å². The van der Waals surface area contributed by atoms with Gasteiger partial charge in [0.15, 0.2) is 12.4 Å². The Labute approximate surface area is 175 Å². The van der Waals surface area contributed by atoms with E-state index in [1.807, 2.05) is 0 Å². The lowest BCUT2D eigenvalue weighted by molar-refractivity contribution is -0.646. The Morgan fingerprint density at radius 2 is 1.07 bits per heavy atom. The van der Waals surface area contributed by atoms with Crippen molar-refractivity contribution in [2.24, 2.45) is 0 Å². The first-order chi connectivity index (χ1) is 14.0. The zero-order chi connectivity index (χ0) is 22.1. The van der Waals surface area contributed by atoms with E-state index in [2.05, 4.69) is 0 Å². The maximum Gasteiger partial charge on any atom is 0.308 e. The number of sulfone groups is 2. The second-order valence-electron chi connectivity index (χ2n) is 6.95. The van der Waals surface area contributed by atoms with Crippen molar-refractivity contribution in [3.8, 4) is 0 Å². The molecular formula is C20H20N2O6S2. The number of hydrogen-bond acceptors (Lipinski definition) is 6. The third-order valence-electron chi connectivity index (χ3n) is 4.70. The normalized spacial score (nSPS) is 12.1. The maximum atomic E-state index is 12.7. The molecule has 0 aliphatic heterocycles. The molecule has 10 heteroatoms. The molecule has 3 aromatic rings. The van der Waals surface area contributed by atoms with Crippen molar-refractivity contribution in [3.05, 3.63) is 93.6 Å². The summed E-state index contributed by atoms with van der Waals surface area (Å²) in [6.45, 7) is 3.35. The molecule has 2 heterocycles. The Morgan fingerprint density at radius 1 is 0.700 bits per heavy atom. The van der Waals surface area contributed by atoms with Gasteiger partial charge in [-0.1, -0.05) is 12.1 Å². The molecule has 8 nitrogen and oxygen atoms in total. The van der Waals surface area contributed by atoms with Crippen molar-refractivity contribution in [2.45, 2.75) is 35.4 Å². The monoisotopic (exact) mass is 448 g/mol. The van der Waals surface area contributed by atoms with Gasteiger partial charge in [0.25, 0.3) is 0 Å². The Hall–Kier alpha value is -2.98. The first-order valence-corrected chi connectivity index (χ1v) is 12.2. The Bertz CT molecular complexity index is 1220. The van der Waals surface area contributed by atoms with Gasteiger partial charge in [-0.05, 0) is 48.2 Å². The lowest BCUT2D eigenvalue weighted by Gasteiger charge is -2.13.